The third kappa shape index (κ3) is 4.93. The number of amides is 1. The molecule has 2 aliphatic rings. The molecular formula is C23H28ClN3O4S. The first-order valence-electron chi connectivity index (χ1n) is 10.7. The Hall–Kier alpha value is -2.13. The third-order valence-electron chi connectivity index (χ3n) is 6.30. The zero-order valence-corrected chi connectivity index (χ0v) is 19.8. The van der Waals surface area contributed by atoms with Crippen LogP contribution in [0.2, 0.25) is 5.02 Å². The number of hydrogen-bond acceptors (Lipinski definition) is 5. The summed E-state index contributed by atoms with van der Waals surface area (Å²) < 4.78 is 33.3. The molecule has 1 N–H and O–H groups in total. The summed E-state index contributed by atoms with van der Waals surface area (Å²) in [5.74, 6) is 0.233. The lowest BCUT2D eigenvalue weighted by atomic mass is 9.96. The van der Waals surface area contributed by atoms with Gasteiger partial charge in [-0.05, 0) is 87.4 Å². The van der Waals surface area contributed by atoms with Gasteiger partial charge in [0, 0.05) is 23.8 Å². The van der Waals surface area contributed by atoms with E-state index in [1.54, 1.807) is 37.4 Å². The molecular weight excluding hydrogens is 450 g/mol. The number of nitrogens with zero attached hydrogens (tertiary/aromatic N) is 2. The van der Waals surface area contributed by atoms with E-state index in [1.165, 1.54) is 4.31 Å². The smallest absolute Gasteiger partial charge is 0.243 e. The third-order valence-corrected chi connectivity index (χ3v) is 8.46. The first-order chi connectivity index (χ1) is 15.2. The van der Waals surface area contributed by atoms with Gasteiger partial charge in [-0.3, -0.25) is 4.79 Å². The van der Waals surface area contributed by atoms with Crippen molar-refractivity contribution in [2.45, 2.75) is 30.2 Å². The number of carbonyl (C=O) groups is 1. The largest absolute Gasteiger partial charge is 0.492 e. The number of piperidine rings is 1. The molecule has 0 aromatic heterocycles. The summed E-state index contributed by atoms with van der Waals surface area (Å²) in [7, 11) is 0.104. The van der Waals surface area contributed by atoms with Crippen LogP contribution in [0.4, 0.5) is 5.69 Å². The van der Waals surface area contributed by atoms with Crippen LogP contribution >= 0.6 is 11.6 Å². The molecule has 1 saturated heterocycles. The Morgan fingerprint density at radius 1 is 1.16 bits per heavy atom. The number of carbonyl (C=O) groups excluding carboxylic acids is 1. The van der Waals surface area contributed by atoms with Gasteiger partial charge in [-0.2, -0.15) is 4.31 Å². The molecule has 7 nitrogen and oxygen atoms in total. The average Bonchev–Trinajstić information content (AvgIpc) is 2.79. The van der Waals surface area contributed by atoms with E-state index in [1.807, 2.05) is 19.2 Å². The van der Waals surface area contributed by atoms with Gasteiger partial charge in [0.25, 0.3) is 0 Å². The van der Waals surface area contributed by atoms with Crippen molar-refractivity contribution in [2.75, 3.05) is 39.1 Å². The summed E-state index contributed by atoms with van der Waals surface area (Å²) in [6.45, 7) is 2.06. The monoisotopic (exact) mass is 477 g/mol. The first-order valence-corrected chi connectivity index (χ1v) is 12.5. The number of rotatable bonds is 5. The van der Waals surface area contributed by atoms with Gasteiger partial charge in [0.05, 0.1) is 10.8 Å². The maximum atomic E-state index is 13.0. The first kappa shape index (κ1) is 23.0. The van der Waals surface area contributed by atoms with Crippen LogP contribution in [0.3, 0.4) is 0 Å². The van der Waals surface area contributed by atoms with E-state index in [-0.39, 0.29) is 29.4 Å². The Bertz CT molecular complexity index is 1080. The van der Waals surface area contributed by atoms with E-state index in [4.69, 9.17) is 16.3 Å². The van der Waals surface area contributed by atoms with Gasteiger partial charge in [-0.25, -0.2) is 8.42 Å². The van der Waals surface area contributed by atoms with Crippen molar-refractivity contribution < 1.29 is 17.9 Å². The number of likely N-dealkylation sites (tertiary alicyclic amines) is 1. The SMILES string of the molecule is CN1CCC(N(C)S(=O)(=O)c2ccc(NC(=O)[C@@H]3COc4ccc(Cl)cc4C3)cc2)CC1. The lowest BCUT2D eigenvalue weighted by Crippen LogP contribution is -2.44. The summed E-state index contributed by atoms with van der Waals surface area (Å²) in [5, 5.41) is 3.47. The fraction of sp³-hybridized carbons (Fsp3) is 0.435. The van der Waals surface area contributed by atoms with Crippen LogP contribution in [-0.2, 0) is 21.2 Å². The molecule has 0 radical (unpaired) electrons. The maximum absolute atomic E-state index is 13.0. The van der Waals surface area contributed by atoms with E-state index in [0.717, 1.165) is 37.2 Å². The lowest BCUT2D eigenvalue weighted by Gasteiger charge is -2.34. The van der Waals surface area contributed by atoms with Crippen molar-refractivity contribution >= 4 is 33.2 Å². The Labute approximate surface area is 194 Å². The van der Waals surface area contributed by atoms with Crippen molar-refractivity contribution in [3.63, 3.8) is 0 Å². The predicted molar refractivity (Wildman–Crippen MR) is 125 cm³/mol. The second-order valence-corrected chi connectivity index (χ2v) is 11.0. The van der Waals surface area contributed by atoms with Gasteiger partial charge in [0.2, 0.25) is 15.9 Å². The highest BCUT2D eigenvalue weighted by molar-refractivity contribution is 7.89. The van der Waals surface area contributed by atoms with Gasteiger partial charge in [-0.1, -0.05) is 11.6 Å². The molecule has 9 heteroatoms. The van der Waals surface area contributed by atoms with Crippen LogP contribution in [0.5, 0.6) is 5.75 Å². The summed E-state index contributed by atoms with van der Waals surface area (Å²) in [5.41, 5.74) is 1.45. The second kappa shape index (κ2) is 9.39. The molecule has 0 saturated carbocycles. The van der Waals surface area contributed by atoms with Gasteiger partial charge < -0.3 is 15.0 Å². The molecule has 0 unspecified atom stereocenters. The number of sulfonamides is 1. The maximum Gasteiger partial charge on any atom is 0.243 e. The van der Waals surface area contributed by atoms with Crippen molar-refractivity contribution in [2.24, 2.45) is 5.92 Å². The average molecular weight is 478 g/mol. The molecule has 1 amide bonds. The number of benzene rings is 2. The minimum Gasteiger partial charge on any atom is -0.492 e. The number of hydrogen-bond donors (Lipinski definition) is 1. The molecule has 2 aliphatic heterocycles. The topological polar surface area (TPSA) is 79.0 Å². The van der Waals surface area contributed by atoms with Gasteiger partial charge in [-0.15, -0.1) is 0 Å². The Morgan fingerprint density at radius 3 is 2.53 bits per heavy atom. The normalized spacial score (nSPS) is 19.9. The van der Waals surface area contributed by atoms with Crippen LogP contribution in [0.1, 0.15) is 18.4 Å². The van der Waals surface area contributed by atoms with Crippen LogP contribution < -0.4 is 10.1 Å². The number of nitrogens with one attached hydrogen (secondary N) is 1. The lowest BCUT2D eigenvalue weighted by molar-refractivity contribution is -0.121. The molecule has 1 atom stereocenters. The molecule has 2 heterocycles. The summed E-state index contributed by atoms with van der Waals surface area (Å²) >= 11 is 6.05. The molecule has 2 aromatic rings. The zero-order valence-electron chi connectivity index (χ0n) is 18.3. The predicted octanol–water partition coefficient (Wildman–Crippen LogP) is 3.24. The molecule has 0 bridgehead atoms. The van der Waals surface area contributed by atoms with E-state index in [9.17, 15) is 13.2 Å². The quantitative estimate of drug-likeness (QED) is 0.715. The molecule has 0 aliphatic carbocycles. The van der Waals surface area contributed by atoms with E-state index in [2.05, 4.69) is 10.2 Å². The fourth-order valence-electron chi connectivity index (χ4n) is 4.21. The number of ether oxygens (including phenoxy) is 1. The summed E-state index contributed by atoms with van der Waals surface area (Å²) in [6.07, 6.45) is 2.17. The molecule has 172 valence electrons. The highest BCUT2D eigenvalue weighted by atomic mass is 35.5. The minimum absolute atomic E-state index is 0.00161. The Morgan fingerprint density at radius 2 is 1.84 bits per heavy atom. The molecule has 4 rings (SSSR count). The van der Waals surface area contributed by atoms with Gasteiger partial charge in [0.1, 0.15) is 12.4 Å². The Balaban J connectivity index is 1.40. The fourth-order valence-corrected chi connectivity index (χ4v) is 5.82. The van der Waals surface area contributed by atoms with Crippen molar-refractivity contribution in [1.82, 2.24) is 9.21 Å². The molecule has 1 fully saturated rings. The van der Waals surface area contributed by atoms with Crippen LogP contribution in [0.15, 0.2) is 47.4 Å². The number of anilines is 1. The van der Waals surface area contributed by atoms with Crippen LogP contribution in [0, 0.1) is 5.92 Å². The number of fused-ring (bicyclic) bond motifs is 1. The summed E-state index contributed by atoms with van der Waals surface area (Å²) in [4.78, 5) is 15.2. The minimum atomic E-state index is -3.59. The van der Waals surface area contributed by atoms with E-state index >= 15 is 0 Å². The van der Waals surface area contributed by atoms with Gasteiger partial charge >= 0.3 is 0 Å². The molecule has 32 heavy (non-hydrogen) atoms. The Kier molecular flexibility index (Phi) is 6.76. The van der Waals surface area contributed by atoms with Crippen molar-refractivity contribution in [3.8, 4) is 5.75 Å². The molecule has 0 spiro atoms. The van der Waals surface area contributed by atoms with Crippen molar-refractivity contribution in [3.05, 3.63) is 53.1 Å². The summed E-state index contributed by atoms with van der Waals surface area (Å²) in [6, 6.07) is 11.7. The van der Waals surface area contributed by atoms with Crippen LogP contribution in [0.25, 0.3) is 0 Å². The van der Waals surface area contributed by atoms with Crippen LogP contribution in [-0.4, -0.2) is 63.4 Å². The zero-order chi connectivity index (χ0) is 22.9. The van der Waals surface area contributed by atoms with E-state index in [0.29, 0.717) is 17.1 Å². The highest BCUT2D eigenvalue weighted by Gasteiger charge is 2.30. The van der Waals surface area contributed by atoms with E-state index < -0.39 is 10.0 Å². The second-order valence-electron chi connectivity index (χ2n) is 8.53. The van der Waals surface area contributed by atoms with Crippen molar-refractivity contribution in [1.29, 1.82) is 0 Å². The standard InChI is InChI=1S/C23H28ClN3O4S/c1-26-11-9-20(10-12-26)27(2)32(29,30)21-6-4-19(5-7-21)25-23(28)17-13-16-14-18(24)3-8-22(16)31-15-17/h3-8,14,17,20H,9-13,15H2,1-2H3,(H,25,28)/t17-/m0/s1. The number of halogens is 1. The van der Waals surface area contributed by atoms with Gasteiger partial charge in [0.15, 0.2) is 0 Å². The molecule has 2 aromatic carbocycles. The highest BCUT2D eigenvalue weighted by Crippen LogP contribution is 2.30.